The predicted octanol–water partition coefficient (Wildman–Crippen LogP) is 4.36. The third-order valence-corrected chi connectivity index (χ3v) is 6.08. The van der Waals surface area contributed by atoms with E-state index in [2.05, 4.69) is 25.4 Å². The van der Waals surface area contributed by atoms with Crippen molar-refractivity contribution in [1.82, 2.24) is 9.88 Å². The van der Waals surface area contributed by atoms with Crippen molar-refractivity contribution < 1.29 is 19.2 Å². The number of hydrogen-bond acceptors (Lipinski definition) is 8. The van der Waals surface area contributed by atoms with Crippen molar-refractivity contribution in [3.63, 3.8) is 0 Å². The fraction of sp³-hybridized carbons (Fsp3) is 0.308. The second-order valence-corrected chi connectivity index (χ2v) is 8.63. The Morgan fingerprint density at radius 2 is 1.65 bits per heavy atom. The van der Waals surface area contributed by atoms with Crippen LogP contribution in [-0.4, -0.2) is 61.2 Å². The Labute approximate surface area is 215 Å². The molecule has 1 aromatic heterocycles. The second kappa shape index (κ2) is 12.0. The van der Waals surface area contributed by atoms with Crippen LogP contribution in [0.5, 0.6) is 11.5 Å². The Morgan fingerprint density at radius 1 is 0.946 bits per heavy atom. The highest BCUT2D eigenvalue weighted by Gasteiger charge is 2.17. The molecule has 0 saturated carbocycles. The van der Waals surface area contributed by atoms with Gasteiger partial charge in [0.15, 0.2) is 0 Å². The number of amides is 2. The number of ether oxygens (including phenoxy) is 2. The number of methoxy groups -OCH3 is 2. The Hall–Kier alpha value is -4.38. The molecule has 0 bridgehead atoms. The zero-order valence-electron chi connectivity index (χ0n) is 20.8. The molecule has 37 heavy (non-hydrogen) atoms. The third kappa shape index (κ3) is 7.07. The summed E-state index contributed by atoms with van der Waals surface area (Å²) in [7, 11) is 3.10. The number of pyridine rings is 1. The predicted molar refractivity (Wildman–Crippen MR) is 142 cm³/mol. The fourth-order valence-electron chi connectivity index (χ4n) is 4.16. The van der Waals surface area contributed by atoms with E-state index in [1.165, 1.54) is 0 Å². The van der Waals surface area contributed by atoms with E-state index in [4.69, 9.17) is 9.47 Å². The van der Waals surface area contributed by atoms with Crippen LogP contribution in [0.25, 0.3) is 0 Å². The number of nitrogens with zero attached hydrogens (tertiary/aromatic N) is 4. The van der Waals surface area contributed by atoms with E-state index in [-0.39, 0.29) is 10.6 Å². The lowest BCUT2D eigenvalue weighted by Gasteiger charge is -2.23. The van der Waals surface area contributed by atoms with Crippen molar-refractivity contribution in [3.8, 4) is 11.5 Å². The van der Waals surface area contributed by atoms with E-state index in [0.29, 0.717) is 22.9 Å². The average molecular weight is 507 g/mol. The average Bonchev–Trinajstić information content (AvgIpc) is 3.14. The van der Waals surface area contributed by atoms with Crippen LogP contribution in [0, 0.1) is 10.1 Å². The van der Waals surface area contributed by atoms with Crippen LogP contribution in [0.1, 0.15) is 12.0 Å². The molecule has 0 atom stereocenters. The molecule has 0 radical (unpaired) electrons. The Balaban J connectivity index is 1.30. The van der Waals surface area contributed by atoms with Crippen LogP contribution in [0.4, 0.5) is 27.7 Å². The molecule has 194 valence electrons. The minimum absolute atomic E-state index is 0.104. The van der Waals surface area contributed by atoms with Gasteiger partial charge in [0, 0.05) is 68.7 Å². The molecule has 0 aliphatic carbocycles. The van der Waals surface area contributed by atoms with Crippen LogP contribution < -0.4 is 25.0 Å². The molecular weight excluding hydrogens is 476 g/mol. The lowest BCUT2D eigenvalue weighted by Crippen LogP contribution is -2.31. The van der Waals surface area contributed by atoms with Crippen molar-refractivity contribution in [3.05, 3.63) is 76.5 Å². The van der Waals surface area contributed by atoms with Gasteiger partial charge in [-0.3, -0.25) is 15.0 Å². The number of urea groups is 1. The van der Waals surface area contributed by atoms with E-state index >= 15 is 0 Å². The van der Waals surface area contributed by atoms with Crippen LogP contribution in [-0.2, 0) is 6.54 Å². The van der Waals surface area contributed by atoms with Gasteiger partial charge in [0.25, 0.3) is 5.69 Å². The first-order valence-electron chi connectivity index (χ1n) is 11.9. The standard InChI is InChI=1S/C26H30N6O5/c1-36-23-14-21(15-24(16-23)37-2)29-26(33)28-20-6-9-25(27-17-20)31-11-3-10-30(12-13-31)18-19-4-7-22(8-5-19)32(34)35/h4-9,14-17H,3,10-13,18H2,1-2H3,(H2,28,29,33). The van der Waals surface area contributed by atoms with E-state index in [0.717, 1.165) is 50.5 Å². The van der Waals surface area contributed by atoms with Gasteiger partial charge in [0.1, 0.15) is 17.3 Å². The molecule has 2 aromatic carbocycles. The Kier molecular flexibility index (Phi) is 8.37. The molecule has 0 unspecified atom stereocenters. The van der Waals surface area contributed by atoms with Gasteiger partial charge in [-0.25, -0.2) is 9.78 Å². The van der Waals surface area contributed by atoms with Gasteiger partial charge in [-0.2, -0.15) is 0 Å². The molecule has 2 heterocycles. The van der Waals surface area contributed by atoms with Gasteiger partial charge in [-0.15, -0.1) is 0 Å². The van der Waals surface area contributed by atoms with Crippen molar-refractivity contribution in [2.24, 2.45) is 0 Å². The summed E-state index contributed by atoms with van der Waals surface area (Å²) >= 11 is 0. The maximum absolute atomic E-state index is 12.5. The number of nitro benzene ring substituents is 1. The van der Waals surface area contributed by atoms with Crippen molar-refractivity contribution in [2.45, 2.75) is 13.0 Å². The van der Waals surface area contributed by atoms with Crippen molar-refractivity contribution in [2.75, 3.05) is 55.9 Å². The summed E-state index contributed by atoms with van der Waals surface area (Å²) in [6, 6.07) is 15.2. The number of anilines is 3. The monoisotopic (exact) mass is 506 g/mol. The van der Waals surface area contributed by atoms with Gasteiger partial charge in [0.05, 0.1) is 31.0 Å². The van der Waals surface area contributed by atoms with Gasteiger partial charge in [0.2, 0.25) is 0 Å². The highest BCUT2D eigenvalue weighted by molar-refractivity contribution is 5.99. The number of carbonyl (C=O) groups excluding carboxylic acids is 1. The summed E-state index contributed by atoms with van der Waals surface area (Å²) in [5, 5.41) is 16.4. The lowest BCUT2D eigenvalue weighted by atomic mass is 10.2. The van der Waals surface area contributed by atoms with E-state index in [1.54, 1.807) is 50.7 Å². The lowest BCUT2D eigenvalue weighted by molar-refractivity contribution is -0.384. The van der Waals surface area contributed by atoms with E-state index in [1.807, 2.05) is 24.3 Å². The van der Waals surface area contributed by atoms with Gasteiger partial charge < -0.3 is 25.0 Å². The van der Waals surface area contributed by atoms with Crippen LogP contribution in [0.15, 0.2) is 60.8 Å². The Morgan fingerprint density at radius 3 is 2.27 bits per heavy atom. The smallest absolute Gasteiger partial charge is 0.323 e. The molecular formula is C26H30N6O5. The quantitative estimate of drug-likeness (QED) is 0.341. The fourth-order valence-corrected chi connectivity index (χ4v) is 4.16. The van der Waals surface area contributed by atoms with E-state index < -0.39 is 6.03 Å². The summed E-state index contributed by atoms with van der Waals surface area (Å²) < 4.78 is 10.5. The summed E-state index contributed by atoms with van der Waals surface area (Å²) in [4.78, 5) is 32.1. The zero-order chi connectivity index (χ0) is 26.2. The molecule has 11 heteroatoms. The summed E-state index contributed by atoms with van der Waals surface area (Å²) in [5.41, 5.74) is 2.28. The van der Waals surface area contributed by atoms with E-state index in [9.17, 15) is 14.9 Å². The van der Waals surface area contributed by atoms with Crippen molar-refractivity contribution in [1.29, 1.82) is 0 Å². The summed E-state index contributed by atoms with van der Waals surface area (Å²) in [6.45, 7) is 4.21. The minimum atomic E-state index is -0.401. The molecule has 2 N–H and O–H groups in total. The number of carbonyl (C=O) groups is 1. The highest BCUT2D eigenvalue weighted by Crippen LogP contribution is 2.26. The van der Waals surface area contributed by atoms with Gasteiger partial charge in [-0.1, -0.05) is 12.1 Å². The molecule has 1 aliphatic rings. The SMILES string of the molecule is COc1cc(NC(=O)Nc2ccc(N3CCCN(Cc4ccc([N+](=O)[O-])cc4)CC3)nc2)cc(OC)c1. The van der Waals surface area contributed by atoms with Gasteiger partial charge >= 0.3 is 6.03 Å². The number of rotatable bonds is 8. The molecule has 1 fully saturated rings. The van der Waals surface area contributed by atoms with Crippen LogP contribution in [0.2, 0.25) is 0 Å². The maximum Gasteiger partial charge on any atom is 0.323 e. The van der Waals surface area contributed by atoms with Crippen molar-refractivity contribution >= 4 is 28.9 Å². The summed E-state index contributed by atoms with van der Waals surface area (Å²) in [5.74, 6) is 1.99. The maximum atomic E-state index is 12.5. The second-order valence-electron chi connectivity index (χ2n) is 8.63. The molecule has 1 aliphatic heterocycles. The first-order valence-corrected chi connectivity index (χ1v) is 11.9. The number of non-ortho nitro benzene ring substituents is 1. The number of nitrogens with one attached hydrogen (secondary N) is 2. The molecule has 4 rings (SSSR count). The van der Waals surface area contributed by atoms with Crippen LogP contribution in [0.3, 0.4) is 0 Å². The normalized spacial score (nSPS) is 13.9. The first kappa shape index (κ1) is 25.7. The zero-order valence-corrected chi connectivity index (χ0v) is 20.8. The molecule has 11 nitrogen and oxygen atoms in total. The third-order valence-electron chi connectivity index (χ3n) is 6.08. The molecule has 3 aromatic rings. The highest BCUT2D eigenvalue weighted by atomic mass is 16.6. The molecule has 1 saturated heterocycles. The van der Waals surface area contributed by atoms with Crippen LogP contribution >= 0.6 is 0 Å². The van der Waals surface area contributed by atoms with Gasteiger partial charge in [-0.05, 0) is 24.1 Å². The topological polar surface area (TPSA) is 122 Å². The summed E-state index contributed by atoms with van der Waals surface area (Å²) in [6.07, 6.45) is 2.61. The number of hydrogen-bond donors (Lipinski definition) is 2. The first-order chi connectivity index (χ1) is 17.9. The minimum Gasteiger partial charge on any atom is -0.497 e. The Bertz CT molecular complexity index is 1200. The number of benzene rings is 2. The molecule has 0 spiro atoms. The number of nitro groups is 1. The molecule has 2 amide bonds. The number of aromatic nitrogens is 1. The largest absolute Gasteiger partial charge is 0.497 e.